The predicted molar refractivity (Wildman–Crippen MR) is 100 cm³/mol. The van der Waals surface area contributed by atoms with Crippen LogP contribution in [0.3, 0.4) is 0 Å². The molecule has 0 aliphatic carbocycles. The molecular formula is C17H12Cl2N2O3S. The highest BCUT2D eigenvalue weighted by Gasteiger charge is 2.13. The lowest BCUT2D eigenvalue weighted by atomic mass is 10.2. The lowest BCUT2D eigenvalue weighted by molar-refractivity contribution is -0.137. The van der Waals surface area contributed by atoms with Crippen molar-refractivity contribution in [1.82, 2.24) is 9.13 Å². The maximum absolute atomic E-state index is 12.8. The molecule has 0 bridgehead atoms. The van der Waals surface area contributed by atoms with Gasteiger partial charge in [0.05, 0.1) is 27.5 Å². The maximum atomic E-state index is 12.8. The largest absolute Gasteiger partial charge is 0.480 e. The van der Waals surface area contributed by atoms with Crippen LogP contribution in [0, 0.1) is 4.77 Å². The van der Waals surface area contributed by atoms with Crippen molar-refractivity contribution in [2.24, 2.45) is 0 Å². The highest BCUT2D eigenvalue weighted by Crippen LogP contribution is 2.23. The molecule has 128 valence electrons. The summed E-state index contributed by atoms with van der Waals surface area (Å²) in [5.41, 5.74) is 0.943. The Balaban J connectivity index is 2.24. The zero-order valence-corrected chi connectivity index (χ0v) is 15.1. The number of aliphatic carboxylic acids is 1. The second-order valence-electron chi connectivity index (χ2n) is 5.42. The van der Waals surface area contributed by atoms with Crippen LogP contribution in [0.2, 0.25) is 10.0 Å². The fourth-order valence-electron chi connectivity index (χ4n) is 2.62. The minimum absolute atomic E-state index is 0.136. The topological polar surface area (TPSA) is 64.2 Å². The van der Waals surface area contributed by atoms with Gasteiger partial charge in [0.1, 0.15) is 6.54 Å². The molecule has 0 aliphatic heterocycles. The number of carbonyl (C=O) groups is 1. The van der Waals surface area contributed by atoms with E-state index < -0.39 is 5.97 Å². The fourth-order valence-corrected chi connectivity index (χ4v) is 3.25. The standard InChI is InChI=1S/C17H12Cl2N2O3S/c18-12-6-5-10(7-13(12)19)8-21-16(24)11-3-1-2-4-14(11)20(17(21)25)9-15(22)23/h1-7H,8-9H2,(H,22,23). The van der Waals surface area contributed by atoms with E-state index in [1.165, 1.54) is 9.13 Å². The Morgan fingerprint density at radius 1 is 1.08 bits per heavy atom. The molecule has 0 saturated heterocycles. The highest BCUT2D eigenvalue weighted by molar-refractivity contribution is 7.71. The Morgan fingerprint density at radius 3 is 2.48 bits per heavy atom. The van der Waals surface area contributed by atoms with Gasteiger partial charge < -0.3 is 9.67 Å². The first-order valence-electron chi connectivity index (χ1n) is 7.26. The Bertz CT molecular complexity index is 1110. The number of carboxylic acid groups (broad SMARTS) is 1. The molecular weight excluding hydrogens is 383 g/mol. The molecule has 1 heterocycles. The van der Waals surface area contributed by atoms with Crippen molar-refractivity contribution in [2.75, 3.05) is 0 Å². The molecule has 0 fully saturated rings. The van der Waals surface area contributed by atoms with E-state index in [1.54, 1.807) is 42.5 Å². The van der Waals surface area contributed by atoms with E-state index >= 15 is 0 Å². The summed E-state index contributed by atoms with van der Waals surface area (Å²) in [5.74, 6) is -1.04. The van der Waals surface area contributed by atoms with Gasteiger partial charge in [-0.2, -0.15) is 0 Å². The van der Waals surface area contributed by atoms with Gasteiger partial charge in [0.25, 0.3) is 5.56 Å². The molecule has 3 aromatic rings. The molecule has 0 radical (unpaired) electrons. The zero-order chi connectivity index (χ0) is 18.1. The Morgan fingerprint density at radius 2 is 1.80 bits per heavy atom. The zero-order valence-electron chi connectivity index (χ0n) is 12.8. The van der Waals surface area contributed by atoms with E-state index in [9.17, 15) is 14.7 Å². The number of fused-ring (bicyclic) bond motifs is 1. The second-order valence-corrected chi connectivity index (χ2v) is 6.60. The van der Waals surface area contributed by atoms with Crippen LogP contribution in [0.1, 0.15) is 5.56 Å². The van der Waals surface area contributed by atoms with Gasteiger partial charge >= 0.3 is 5.97 Å². The van der Waals surface area contributed by atoms with Gasteiger partial charge in [0, 0.05) is 0 Å². The van der Waals surface area contributed by atoms with Crippen molar-refractivity contribution in [3.63, 3.8) is 0 Å². The third-order valence-electron chi connectivity index (χ3n) is 3.75. The van der Waals surface area contributed by atoms with Crippen LogP contribution in [0.15, 0.2) is 47.3 Å². The molecule has 2 aromatic carbocycles. The van der Waals surface area contributed by atoms with E-state index in [1.807, 2.05) is 0 Å². The molecule has 5 nitrogen and oxygen atoms in total. The van der Waals surface area contributed by atoms with Gasteiger partial charge in [-0.1, -0.05) is 41.4 Å². The molecule has 3 rings (SSSR count). The molecule has 0 amide bonds. The summed E-state index contributed by atoms with van der Waals surface area (Å²) < 4.78 is 2.93. The van der Waals surface area contributed by atoms with Gasteiger partial charge in [-0.25, -0.2) is 0 Å². The number of para-hydroxylation sites is 1. The lowest BCUT2D eigenvalue weighted by Gasteiger charge is -2.15. The Labute approximate surface area is 157 Å². The summed E-state index contributed by atoms with van der Waals surface area (Å²) in [4.78, 5) is 24.0. The smallest absolute Gasteiger partial charge is 0.323 e. The van der Waals surface area contributed by atoms with Crippen LogP contribution >= 0.6 is 35.4 Å². The lowest BCUT2D eigenvalue weighted by Crippen LogP contribution is -2.27. The fraction of sp³-hybridized carbons (Fsp3) is 0.118. The summed E-state index contributed by atoms with van der Waals surface area (Å²) in [7, 11) is 0. The van der Waals surface area contributed by atoms with Crippen LogP contribution in [0.25, 0.3) is 10.9 Å². The van der Waals surface area contributed by atoms with Crippen LogP contribution < -0.4 is 5.56 Å². The van der Waals surface area contributed by atoms with E-state index in [2.05, 4.69) is 0 Å². The maximum Gasteiger partial charge on any atom is 0.323 e. The minimum Gasteiger partial charge on any atom is -0.480 e. The molecule has 0 saturated carbocycles. The molecule has 8 heteroatoms. The average molecular weight is 395 g/mol. The van der Waals surface area contributed by atoms with E-state index in [0.29, 0.717) is 20.9 Å². The number of rotatable bonds is 4. The summed E-state index contributed by atoms with van der Waals surface area (Å²) >= 11 is 17.3. The van der Waals surface area contributed by atoms with Crippen LogP contribution in [-0.4, -0.2) is 20.2 Å². The number of nitrogens with zero attached hydrogens (tertiary/aromatic N) is 2. The van der Waals surface area contributed by atoms with Crippen molar-refractivity contribution >= 4 is 52.3 Å². The van der Waals surface area contributed by atoms with Gasteiger partial charge in [-0.15, -0.1) is 0 Å². The monoisotopic (exact) mass is 394 g/mol. The number of hydrogen-bond acceptors (Lipinski definition) is 3. The normalized spacial score (nSPS) is 11.0. The molecule has 0 unspecified atom stereocenters. The molecule has 0 aliphatic rings. The summed E-state index contributed by atoms with van der Waals surface area (Å²) in [6.07, 6.45) is 0. The van der Waals surface area contributed by atoms with Gasteiger partial charge in [-0.3, -0.25) is 14.2 Å². The molecule has 25 heavy (non-hydrogen) atoms. The highest BCUT2D eigenvalue weighted by atomic mass is 35.5. The SMILES string of the molecule is O=C(O)Cn1c(=S)n(Cc2ccc(Cl)c(Cl)c2)c(=O)c2ccccc21. The predicted octanol–water partition coefficient (Wildman–Crippen LogP) is 3.97. The van der Waals surface area contributed by atoms with Crippen molar-refractivity contribution in [2.45, 2.75) is 13.1 Å². The minimum atomic E-state index is -1.04. The molecule has 0 spiro atoms. The number of benzene rings is 2. The quantitative estimate of drug-likeness (QED) is 0.679. The van der Waals surface area contributed by atoms with Crippen LogP contribution in [0.5, 0.6) is 0 Å². The number of halogens is 2. The van der Waals surface area contributed by atoms with Crippen molar-refractivity contribution in [1.29, 1.82) is 0 Å². The first-order chi connectivity index (χ1) is 11.9. The summed E-state index contributed by atoms with van der Waals surface area (Å²) in [5, 5.41) is 10.4. The first-order valence-corrected chi connectivity index (χ1v) is 8.43. The number of aromatic nitrogens is 2. The first kappa shape index (κ1) is 17.7. The molecule has 0 atom stereocenters. The second kappa shape index (κ2) is 7.00. The third-order valence-corrected chi connectivity index (χ3v) is 4.93. The van der Waals surface area contributed by atoms with Crippen LogP contribution in [0.4, 0.5) is 0 Å². The van der Waals surface area contributed by atoms with Gasteiger partial charge in [0.15, 0.2) is 4.77 Å². The summed E-state index contributed by atoms with van der Waals surface area (Å²) in [6.45, 7) is -0.167. The van der Waals surface area contributed by atoms with Gasteiger partial charge in [-0.05, 0) is 42.0 Å². The number of hydrogen-bond donors (Lipinski definition) is 1. The Hall–Kier alpha value is -2.15. The van der Waals surface area contributed by atoms with E-state index in [-0.39, 0.29) is 23.4 Å². The molecule has 1 N–H and O–H groups in total. The van der Waals surface area contributed by atoms with Crippen molar-refractivity contribution in [3.05, 3.63) is 73.2 Å². The molecule has 1 aromatic heterocycles. The summed E-state index contributed by atoms with van der Waals surface area (Å²) in [6, 6.07) is 11.8. The van der Waals surface area contributed by atoms with Gasteiger partial charge in [0.2, 0.25) is 0 Å². The average Bonchev–Trinajstić information content (AvgIpc) is 2.58. The number of carboxylic acids is 1. The van der Waals surface area contributed by atoms with E-state index in [0.717, 1.165) is 5.56 Å². The van der Waals surface area contributed by atoms with Crippen molar-refractivity contribution < 1.29 is 9.90 Å². The van der Waals surface area contributed by atoms with Crippen molar-refractivity contribution in [3.8, 4) is 0 Å². The van der Waals surface area contributed by atoms with Crippen LogP contribution in [-0.2, 0) is 17.9 Å². The third kappa shape index (κ3) is 3.46. The van der Waals surface area contributed by atoms with E-state index in [4.69, 9.17) is 35.4 Å². The Kier molecular flexibility index (Phi) is 4.94.